The minimum absolute atomic E-state index is 0.101. The Balaban J connectivity index is 1.40. The molecule has 9 nitrogen and oxygen atoms in total. The molecule has 0 saturated carbocycles. The monoisotopic (exact) mass is 384 g/mol. The van der Waals surface area contributed by atoms with E-state index < -0.39 is 6.29 Å². The molecule has 3 N–H and O–H groups in total. The number of aromatic nitrogens is 2. The van der Waals surface area contributed by atoms with E-state index in [0.29, 0.717) is 26.1 Å². The number of ether oxygens (including phenoxy) is 1. The fraction of sp³-hybridized carbons (Fsp3) is 0.421. The molecular weight excluding hydrogens is 360 g/mol. The molecule has 2 aromatic rings. The summed E-state index contributed by atoms with van der Waals surface area (Å²) in [5, 5.41) is 13.1. The first kappa shape index (κ1) is 18.5. The third-order valence-electron chi connectivity index (χ3n) is 5.09. The minimum atomic E-state index is -0.639. The lowest BCUT2D eigenvalue weighted by Crippen LogP contribution is -2.70. The van der Waals surface area contributed by atoms with Gasteiger partial charge in [0.2, 0.25) is 0 Å². The van der Waals surface area contributed by atoms with Crippen LogP contribution >= 0.6 is 0 Å². The second kappa shape index (κ2) is 7.99. The van der Waals surface area contributed by atoms with Crippen molar-refractivity contribution in [2.75, 3.05) is 13.2 Å². The lowest BCUT2D eigenvalue weighted by atomic mass is 10.1. The zero-order valence-electron chi connectivity index (χ0n) is 15.7. The molecule has 1 aromatic carbocycles. The van der Waals surface area contributed by atoms with Crippen molar-refractivity contribution in [3.8, 4) is 5.69 Å². The lowest BCUT2D eigenvalue weighted by Gasteiger charge is -2.39. The molecule has 2 aliphatic rings. The maximum atomic E-state index is 12.5. The summed E-state index contributed by atoms with van der Waals surface area (Å²) in [5.74, 6) is 0. The summed E-state index contributed by atoms with van der Waals surface area (Å²) >= 11 is 0. The summed E-state index contributed by atoms with van der Waals surface area (Å²) in [5.41, 5.74) is 1.96. The molecule has 0 radical (unpaired) electrons. The molecule has 1 atom stereocenters. The van der Waals surface area contributed by atoms with Gasteiger partial charge in [-0.25, -0.2) is 19.2 Å². The lowest BCUT2D eigenvalue weighted by molar-refractivity contribution is 0.0492. The Morgan fingerprint density at radius 2 is 1.93 bits per heavy atom. The number of nitrogens with one attached hydrogen (secondary N) is 3. The highest BCUT2D eigenvalue weighted by Crippen LogP contribution is 2.19. The van der Waals surface area contributed by atoms with Crippen LogP contribution in [-0.2, 0) is 4.74 Å². The van der Waals surface area contributed by atoms with Crippen molar-refractivity contribution in [2.24, 2.45) is 0 Å². The van der Waals surface area contributed by atoms with E-state index in [2.05, 4.69) is 21.0 Å². The van der Waals surface area contributed by atoms with Crippen LogP contribution in [-0.4, -0.2) is 52.3 Å². The van der Waals surface area contributed by atoms with Gasteiger partial charge in [0, 0.05) is 37.7 Å². The van der Waals surface area contributed by atoms with Gasteiger partial charge in [0.05, 0.1) is 5.69 Å². The van der Waals surface area contributed by atoms with Gasteiger partial charge >= 0.3 is 12.1 Å². The third kappa shape index (κ3) is 3.85. The molecule has 1 unspecified atom stereocenters. The molecule has 4 amide bonds. The van der Waals surface area contributed by atoms with Crippen molar-refractivity contribution in [3.05, 3.63) is 48.3 Å². The fourth-order valence-electron chi connectivity index (χ4n) is 3.58. The number of carbonyl (C=O) groups is 2. The number of rotatable bonds is 5. The standard InChI is InChI=1S/C19H24N6O3/c1-13(14-4-2-5-16(12-14)24-9-3-8-20-24)21-17-22-18(26)25(19(27)23-17)15-6-10-28-11-7-15/h2-5,8-9,12-13,15,17,21H,6-7,10-11H2,1H3,(H,22,26)(H,23,27). The van der Waals surface area contributed by atoms with E-state index >= 15 is 0 Å². The molecule has 1 aromatic heterocycles. The number of nitrogens with zero attached hydrogens (tertiary/aromatic N) is 3. The second-order valence-electron chi connectivity index (χ2n) is 6.98. The van der Waals surface area contributed by atoms with Crippen molar-refractivity contribution in [2.45, 2.75) is 38.1 Å². The van der Waals surface area contributed by atoms with E-state index in [1.807, 2.05) is 43.5 Å². The maximum absolute atomic E-state index is 12.5. The Hall–Kier alpha value is -2.91. The first-order valence-corrected chi connectivity index (χ1v) is 9.46. The quantitative estimate of drug-likeness (QED) is 0.729. The molecule has 4 rings (SSSR count). The summed E-state index contributed by atoms with van der Waals surface area (Å²) < 4.78 is 7.10. The number of carbonyl (C=O) groups excluding carboxylic acids is 2. The summed E-state index contributed by atoms with van der Waals surface area (Å²) in [7, 11) is 0. The average molecular weight is 384 g/mol. The van der Waals surface area contributed by atoms with E-state index in [1.54, 1.807) is 10.9 Å². The summed E-state index contributed by atoms with van der Waals surface area (Å²) in [6.07, 6.45) is 4.29. The number of amides is 4. The van der Waals surface area contributed by atoms with Crippen LogP contribution in [0.15, 0.2) is 42.7 Å². The number of benzene rings is 1. The molecule has 28 heavy (non-hydrogen) atoms. The highest BCUT2D eigenvalue weighted by molar-refractivity contribution is 5.96. The van der Waals surface area contributed by atoms with Crippen LogP contribution in [0.4, 0.5) is 9.59 Å². The smallest absolute Gasteiger partial charge is 0.328 e. The zero-order chi connectivity index (χ0) is 19.5. The molecule has 9 heteroatoms. The van der Waals surface area contributed by atoms with Crippen LogP contribution in [0.3, 0.4) is 0 Å². The molecule has 2 aliphatic heterocycles. The maximum Gasteiger partial charge on any atom is 0.328 e. The van der Waals surface area contributed by atoms with E-state index in [4.69, 9.17) is 4.74 Å². The van der Waals surface area contributed by atoms with Crippen LogP contribution in [0, 0.1) is 0 Å². The minimum Gasteiger partial charge on any atom is -0.381 e. The Morgan fingerprint density at radius 3 is 2.61 bits per heavy atom. The Morgan fingerprint density at radius 1 is 1.18 bits per heavy atom. The highest BCUT2D eigenvalue weighted by Gasteiger charge is 2.37. The van der Waals surface area contributed by atoms with Gasteiger partial charge in [-0.1, -0.05) is 12.1 Å². The van der Waals surface area contributed by atoms with E-state index in [-0.39, 0.29) is 24.1 Å². The highest BCUT2D eigenvalue weighted by atomic mass is 16.5. The van der Waals surface area contributed by atoms with Crippen molar-refractivity contribution in [1.29, 1.82) is 0 Å². The Labute approximate surface area is 163 Å². The topological polar surface area (TPSA) is 101 Å². The molecule has 0 spiro atoms. The largest absolute Gasteiger partial charge is 0.381 e. The van der Waals surface area contributed by atoms with E-state index in [1.165, 1.54) is 4.90 Å². The summed E-state index contributed by atoms with van der Waals surface area (Å²) in [6.45, 7) is 3.10. The number of urea groups is 2. The van der Waals surface area contributed by atoms with Crippen LogP contribution < -0.4 is 16.0 Å². The average Bonchev–Trinajstić information content (AvgIpc) is 3.23. The van der Waals surface area contributed by atoms with Gasteiger partial charge in [0.25, 0.3) is 0 Å². The van der Waals surface area contributed by atoms with Crippen LogP contribution in [0.5, 0.6) is 0 Å². The van der Waals surface area contributed by atoms with Crippen molar-refractivity contribution < 1.29 is 14.3 Å². The first-order chi connectivity index (χ1) is 13.6. The number of imide groups is 1. The van der Waals surface area contributed by atoms with Gasteiger partial charge in [-0.05, 0) is 43.5 Å². The van der Waals surface area contributed by atoms with Gasteiger partial charge < -0.3 is 15.4 Å². The van der Waals surface area contributed by atoms with Crippen molar-refractivity contribution in [1.82, 2.24) is 30.6 Å². The summed E-state index contributed by atoms with van der Waals surface area (Å²) in [6, 6.07) is 8.81. The number of hydrogen-bond donors (Lipinski definition) is 3. The molecule has 2 fully saturated rings. The molecule has 148 valence electrons. The van der Waals surface area contributed by atoms with Crippen LogP contribution in [0.25, 0.3) is 5.69 Å². The molecule has 0 bridgehead atoms. The number of hydrogen-bond acceptors (Lipinski definition) is 5. The van der Waals surface area contributed by atoms with Gasteiger partial charge in [0.1, 0.15) is 0 Å². The van der Waals surface area contributed by atoms with Gasteiger partial charge in [0.15, 0.2) is 6.29 Å². The van der Waals surface area contributed by atoms with Crippen molar-refractivity contribution >= 4 is 12.1 Å². The zero-order valence-corrected chi connectivity index (χ0v) is 15.7. The van der Waals surface area contributed by atoms with Gasteiger partial charge in [-0.2, -0.15) is 5.10 Å². The fourth-order valence-corrected chi connectivity index (χ4v) is 3.58. The Kier molecular flexibility index (Phi) is 5.27. The molecule has 3 heterocycles. The van der Waals surface area contributed by atoms with E-state index in [9.17, 15) is 9.59 Å². The Bertz CT molecular complexity index is 816. The van der Waals surface area contributed by atoms with E-state index in [0.717, 1.165) is 11.3 Å². The van der Waals surface area contributed by atoms with Crippen LogP contribution in [0.2, 0.25) is 0 Å². The predicted molar refractivity (Wildman–Crippen MR) is 102 cm³/mol. The summed E-state index contributed by atoms with van der Waals surface area (Å²) in [4.78, 5) is 26.3. The van der Waals surface area contributed by atoms with Crippen LogP contribution in [0.1, 0.15) is 31.4 Å². The molecular formula is C19H24N6O3. The first-order valence-electron chi connectivity index (χ1n) is 9.46. The SMILES string of the molecule is CC(NC1NC(=O)N(C2CCOCC2)C(=O)N1)c1cccc(-n2cccn2)c1. The van der Waals surface area contributed by atoms with Gasteiger partial charge in [-0.3, -0.25) is 5.32 Å². The van der Waals surface area contributed by atoms with Crippen molar-refractivity contribution in [3.63, 3.8) is 0 Å². The normalized spacial score (nSPS) is 20.0. The molecule has 0 aliphatic carbocycles. The third-order valence-corrected chi connectivity index (χ3v) is 5.09. The van der Waals surface area contributed by atoms with Gasteiger partial charge in [-0.15, -0.1) is 0 Å². The second-order valence-corrected chi connectivity index (χ2v) is 6.98. The molecule has 2 saturated heterocycles. The predicted octanol–water partition coefficient (Wildman–Crippen LogP) is 1.72.